The van der Waals surface area contributed by atoms with Crippen molar-refractivity contribution in [3.63, 3.8) is 0 Å². The zero-order valence-electron chi connectivity index (χ0n) is 8.81. The van der Waals surface area contributed by atoms with E-state index in [4.69, 9.17) is 0 Å². The fourth-order valence-electron chi connectivity index (χ4n) is 1.23. The molecule has 0 saturated carbocycles. The van der Waals surface area contributed by atoms with E-state index in [1.807, 2.05) is 36.9 Å². The summed E-state index contributed by atoms with van der Waals surface area (Å²) in [5, 5.41) is 11.1. The Balaban J connectivity index is 1.99. The fourth-order valence-corrected chi connectivity index (χ4v) is 1.23. The molecule has 5 heteroatoms. The van der Waals surface area contributed by atoms with Crippen LogP contribution in [0.1, 0.15) is 11.5 Å². The zero-order valence-corrected chi connectivity index (χ0v) is 8.81. The van der Waals surface area contributed by atoms with Crippen molar-refractivity contribution < 1.29 is 0 Å². The van der Waals surface area contributed by atoms with Gasteiger partial charge in [-0.25, -0.2) is 4.98 Å². The molecule has 0 aliphatic heterocycles. The predicted molar refractivity (Wildman–Crippen MR) is 57.3 cm³/mol. The van der Waals surface area contributed by atoms with E-state index in [-0.39, 0.29) is 0 Å². The first-order chi connectivity index (χ1) is 7.25. The molecule has 78 valence electrons. The third-order valence-electron chi connectivity index (χ3n) is 2.15. The monoisotopic (exact) mass is 203 g/mol. The lowest BCUT2D eigenvalue weighted by Gasteiger charge is -2.04. The van der Waals surface area contributed by atoms with Crippen LogP contribution in [0.25, 0.3) is 0 Å². The van der Waals surface area contributed by atoms with Crippen molar-refractivity contribution in [3.05, 3.63) is 36.0 Å². The van der Waals surface area contributed by atoms with Gasteiger partial charge in [0.15, 0.2) is 0 Å². The number of aromatic nitrogens is 4. The lowest BCUT2D eigenvalue weighted by atomic mass is 10.4. The van der Waals surface area contributed by atoms with Gasteiger partial charge in [-0.2, -0.15) is 5.10 Å². The van der Waals surface area contributed by atoms with Crippen LogP contribution < -0.4 is 5.32 Å². The van der Waals surface area contributed by atoms with Crippen LogP contribution in [0.3, 0.4) is 0 Å². The van der Waals surface area contributed by atoms with Gasteiger partial charge in [-0.3, -0.25) is 0 Å². The molecule has 2 rings (SSSR count). The summed E-state index contributed by atoms with van der Waals surface area (Å²) >= 11 is 0. The number of aryl methyl sites for hydroxylation is 2. The molecule has 1 N–H and O–H groups in total. The summed E-state index contributed by atoms with van der Waals surface area (Å²) in [6.07, 6.45) is 3.69. The third-order valence-corrected chi connectivity index (χ3v) is 2.15. The van der Waals surface area contributed by atoms with Crippen molar-refractivity contribution in [2.45, 2.75) is 13.5 Å². The number of nitrogens with one attached hydrogen (secondary N) is 1. The van der Waals surface area contributed by atoms with Crippen LogP contribution in [-0.4, -0.2) is 19.7 Å². The summed E-state index contributed by atoms with van der Waals surface area (Å²) in [5.74, 6) is 1.74. The lowest BCUT2D eigenvalue weighted by molar-refractivity contribution is 0.807. The van der Waals surface area contributed by atoms with Gasteiger partial charge in [-0.05, 0) is 19.1 Å². The number of nitrogens with zero attached hydrogens (tertiary/aromatic N) is 4. The summed E-state index contributed by atoms with van der Waals surface area (Å²) < 4.78 is 1.97. The molecule has 0 unspecified atom stereocenters. The van der Waals surface area contributed by atoms with Crippen LogP contribution >= 0.6 is 0 Å². The van der Waals surface area contributed by atoms with E-state index in [1.165, 1.54) is 0 Å². The molecule has 0 saturated heterocycles. The van der Waals surface area contributed by atoms with Gasteiger partial charge in [0.25, 0.3) is 0 Å². The Morgan fingerprint density at radius 3 is 2.80 bits per heavy atom. The van der Waals surface area contributed by atoms with Crippen LogP contribution in [0.4, 0.5) is 5.82 Å². The quantitative estimate of drug-likeness (QED) is 0.812. The number of hydrogen-bond acceptors (Lipinski definition) is 4. The summed E-state index contributed by atoms with van der Waals surface area (Å²) in [4.78, 5) is 4.20. The molecule has 2 heterocycles. The maximum Gasteiger partial charge on any atom is 0.149 e. The highest BCUT2D eigenvalue weighted by Crippen LogP contribution is 2.03. The van der Waals surface area contributed by atoms with Gasteiger partial charge in [0.1, 0.15) is 11.6 Å². The van der Waals surface area contributed by atoms with Crippen molar-refractivity contribution >= 4 is 5.82 Å². The van der Waals surface area contributed by atoms with Gasteiger partial charge in [-0.15, -0.1) is 5.10 Å². The Bertz CT molecular complexity index is 431. The van der Waals surface area contributed by atoms with E-state index < -0.39 is 0 Å². The molecule has 0 radical (unpaired) electrons. The molecule has 0 atom stereocenters. The van der Waals surface area contributed by atoms with Crippen LogP contribution in [0.15, 0.2) is 24.5 Å². The summed E-state index contributed by atoms with van der Waals surface area (Å²) in [6.45, 7) is 2.57. The second kappa shape index (κ2) is 4.08. The van der Waals surface area contributed by atoms with Crippen molar-refractivity contribution in [3.8, 4) is 0 Å². The number of anilines is 1. The third kappa shape index (κ3) is 2.31. The van der Waals surface area contributed by atoms with Crippen molar-refractivity contribution in [2.24, 2.45) is 7.05 Å². The number of rotatable bonds is 3. The molecule has 2 aromatic rings. The Morgan fingerprint density at radius 2 is 2.20 bits per heavy atom. The SMILES string of the molecule is Cc1ccc(NCc2nccn2C)nn1. The fraction of sp³-hybridized carbons (Fsp3) is 0.300. The largest absolute Gasteiger partial charge is 0.361 e. The minimum atomic E-state index is 0.654. The summed E-state index contributed by atoms with van der Waals surface area (Å²) in [6, 6.07) is 3.83. The number of hydrogen-bond donors (Lipinski definition) is 1. The van der Waals surface area contributed by atoms with E-state index in [0.29, 0.717) is 6.54 Å². The second-order valence-electron chi connectivity index (χ2n) is 3.37. The van der Waals surface area contributed by atoms with Crippen LogP contribution in [0, 0.1) is 6.92 Å². The second-order valence-corrected chi connectivity index (χ2v) is 3.37. The average molecular weight is 203 g/mol. The molecule has 0 bridgehead atoms. The molecule has 0 aliphatic rings. The van der Waals surface area contributed by atoms with Crippen LogP contribution in [-0.2, 0) is 13.6 Å². The highest BCUT2D eigenvalue weighted by molar-refractivity contribution is 5.32. The van der Waals surface area contributed by atoms with Crippen molar-refractivity contribution in [2.75, 3.05) is 5.32 Å². The molecule has 2 aromatic heterocycles. The Labute approximate surface area is 88.2 Å². The number of imidazole rings is 1. The predicted octanol–water partition coefficient (Wildman–Crippen LogP) is 1.13. The highest BCUT2D eigenvalue weighted by Gasteiger charge is 1.99. The standard InChI is InChI=1S/C10H13N5/c1-8-3-4-9(14-13-8)12-7-10-11-5-6-15(10)2/h3-6H,7H2,1-2H3,(H,12,14). The minimum Gasteiger partial charge on any atom is -0.361 e. The minimum absolute atomic E-state index is 0.654. The maximum absolute atomic E-state index is 4.20. The molecular weight excluding hydrogens is 190 g/mol. The van der Waals surface area contributed by atoms with Crippen molar-refractivity contribution in [1.29, 1.82) is 0 Å². The topological polar surface area (TPSA) is 55.6 Å². The zero-order chi connectivity index (χ0) is 10.7. The van der Waals surface area contributed by atoms with E-state index in [9.17, 15) is 0 Å². The van der Waals surface area contributed by atoms with Gasteiger partial charge in [0, 0.05) is 19.4 Å². The molecule has 0 amide bonds. The smallest absolute Gasteiger partial charge is 0.149 e. The lowest BCUT2D eigenvalue weighted by Crippen LogP contribution is -2.07. The van der Waals surface area contributed by atoms with Gasteiger partial charge in [-0.1, -0.05) is 0 Å². The van der Waals surface area contributed by atoms with Crippen LogP contribution in [0.5, 0.6) is 0 Å². The van der Waals surface area contributed by atoms with E-state index >= 15 is 0 Å². The summed E-state index contributed by atoms with van der Waals surface area (Å²) in [7, 11) is 1.96. The summed E-state index contributed by atoms with van der Waals surface area (Å²) in [5.41, 5.74) is 0.914. The first kappa shape index (κ1) is 9.64. The molecule has 0 aliphatic carbocycles. The van der Waals surface area contributed by atoms with Crippen LogP contribution in [0.2, 0.25) is 0 Å². The molecular formula is C10H13N5. The Kier molecular flexibility index (Phi) is 2.62. The first-order valence-corrected chi connectivity index (χ1v) is 4.76. The van der Waals surface area contributed by atoms with Crippen molar-refractivity contribution in [1.82, 2.24) is 19.7 Å². The van der Waals surface area contributed by atoms with Gasteiger partial charge in [0.05, 0.1) is 12.2 Å². The Hall–Kier alpha value is -1.91. The molecule has 15 heavy (non-hydrogen) atoms. The van der Waals surface area contributed by atoms with Gasteiger partial charge < -0.3 is 9.88 Å². The highest BCUT2D eigenvalue weighted by atomic mass is 15.2. The molecule has 5 nitrogen and oxygen atoms in total. The maximum atomic E-state index is 4.20. The van der Waals surface area contributed by atoms with Gasteiger partial charge >= 0.3 is 0 Å². The average Bonchev–Trinajstić information content (AvgIpc) is 2.63. The molecule has 0 aromatic carbocycles. The Morgan fingerprint density at radius 1 is 1.33 bits per heavy atom. The van der Waals surface area contributed by atoms with Gasteiger partial charge in [0.2, 0.25) is 0 Å². The van der Waals surface area contributed by atoms with E-state index in [1.54, 1.807) is 6.20 Å². The normalized spacial score (nSPS) is 10.3. The molecule has 0 fully saturated rings. The van der Waals surface area contributed by atoms with E-state index in [2.05, 4.69) is 20.5 Å². The molecule has 0 spiro atoms. The van der Waals surface area contributed by atoms with E-state index in [0.717, 1.165) is 17.3 Å². The first-order valence-electron chi connectivity index (χ1n) is 4.76.